The third-order valence-electron chi connectivity index (χ3n) is 0.611. The number of hydrogen-bond donors (Lipinski definition) is 1. The Bertz CT molecular complexity index is 216. The van der Waals surface area contributed by atoms with E-state index in [-0.39, 0.29) is 0 Å². The fraction of sp³-hybridized carbons (Fsp3) is 0.667. The van der Waals surface area contributed by atoms with Crippen LogP contribution in [0.15, 0.2) is 0 Å². The molecule has 0 aromatic rings. The van der Waals surface area contributed by atoms with Gasteiger partial charge in [-0.2, -0.15) is 13.2 Å². The van der Waals surface area contributed by atoms with Crippen LogP contribution in [-0.4, -0.2) is 29.6 Å². The molecule has 0 aliphatic heterocycles. The highest BCUT2D eigenvalue weighted by molar-refractivity contribution is 5.67. The molecule has 0 unspecified atom stereocenters. The number of alkyl halides is 6. The number of rotatable bonds is 1. The van der Waals surface area contributed by atoms with Crippen molar-refractivity contribution in [3.05, 3.63) is 0 Å². The van der Waals surface area contributed by atoms with Gasteiger partial charge in [0.15, 0.2) is 0 Å². The van der Waals surface area contributed by atoms with Crippen LogP contribution in [0.25, 0.3) is 0 Å². The molecule has 0 aromatic heterocycles. The topological polar surface area (TPSA) is 63.6 Å². The maximum absolute atomic E-state index is 10.9. The lowest BCUT2D eigenvalue weighted by atomic mass is 10.4. The Kier molecular flexibility index (Phi) is 6.54. The van der Waals surface area contributed by atoms with Crippen LogP contribution in [0.2, 0.25) is 0 Å². The molecule has 16 heavy (non-hydrogen) atoms. The first kappa shape index (κ1) is 16.9. The first-order valence-corrected chi connectivity index (χ1v) is 3.38. The molecule has 0 saturated heterocycles. The van der Waals surface area contributed by atoms with Crippen LogP contribution in [0.3, 0.4) is 0 Å². The zero-order valence-corrected chi connectivity index (χ0v) is 7.65. The van der Waals surface area contributed by atoms with Gasteiger partial charge in [0.1, 0.15) is 6.42 Å². The third-order valence-corrected chi connectivity index (χ3v) is 0.611. The largest absolute Gasteiger partial charge is 0.575 e. The number of ether oxygens (including phenoxy) is 1. The molecular formula is C6H6F6O4. The number of carboxylic acid groups (broad SMARTS) is 1. The summed E-state index contributed by atoms with van der Waals surface area (Å²) < 4.78 is 68.2. The number of halogens is 6. The summed E-state index contributed by atoms with van der Waals surface area (Å²) in [4.78, 5) is 18.8. The maximum Gasteiger partial charge on any atom is 0.575 e. The van der Waals surface area contributed by atoms with Gasteiger partial charge in [0, 0.05) is 6.92 Å². The van der Waals surface area contributed by atoms with Crippen molar-refractivity contribution in [1.82, 2.24) is 0 Å². The minimum absolute atomic E-state index is 0.688. The predicted octanol–water partition coefficient (Wildman–Crippen LogP) is 2.09. The fourth-order valence-electron chi connectivity index (χ4n) is 0.334. The van der Waals surface area contributed by atoms with Crippen LogP contribution in [0.5, 0.6) is 0 Å². The third kappa shape index (κ3) is 22.9. The lowest BCUT2D eigenvalue weighted by molar-refractivity contribution is -0.304. The molecule has 0 radical (unpaired) electrons. The van der Waals surface area contributed by atoms with Gasteiger partial charge in [-0.3, -0.25) is 9.59 Å². The van der Waals surface area contributed by atoms with Crippen LogP contribution in [0.4, 0.5) is 26.3 Å². The van der Waals surface area contributed by atoms with Crippen molar-refractivity contribution in [2.75, 3.05) is 0 Å². The molecule has 4 nitrogen and oxygen atoms in total. The van der Waals surface area contributed by atoms with Crippen molar-refractivity contribution in [1.29, 1.82) is 0 Å². The number of esters is 1. The lowest BCUT2D eigenvalue weighted by Gasteiger charge is -2.02. The molecule has 0 spiro atoms. The second-order valence-electron chi connectivity index (χ2n) is 2.23. The van der Waals surface area contributed by atoms with E-state index in [4.69, 9.17) is 5.11 Å². The smallest absolute Gasteiger partial charge is 0.481 e. The average Bonchev–Trinajstić information content (AvgIpc) is 1.72. The average molecular weight is 256 g/mol. The molecule has 0 atom stereocenters. The van der Waals surface area contributed by atoms with E-state index in [1.807, 2.05) is 0 Å². The van der Waals surface area contributed by atoms with E-state index < -0.39 is 30.9 Å². The summed E-state index contributed by atoms with van der Waals surface area (Å²) in [5.74, 6) is -3.20. The molecule has 0 saturated carbocycles. The Morgan fingerprint density at radius 3 is 1.50 bits per heavy atom. The van der Waals surface area contributed by atoms with Gasteiger partial charge in [0.25, 0.3) is 0 Å². The number of carbonyl (C=O) groups is 2. The first-order chi connectivity index (χ1) is 6.83. The Hall–Kier alpha value is -1.48. The Balaban J connectivity index is 0. The molecule has 0 fully saturated rings. The van der Waals surface area contributed by atoms with E-state index in [0.29, 0.717) is 6.92 Å². The number of carbonyl (C=O) groups excluding carboxylic acids is 1. The molecular weight excluding hydrogens is 250 g/mol. The van der Waals surface area contributed by atoms with Gasteiger partial charge in [-0.1, -0.05) is 0 Å². The van der Waals surface area contributed by atoms with Crippen LogP contribution < -0.4 is 0 Å². The zero-order chi connectivity index (χ0) is 13.6. The summed E-state index contributed by atoms with van der Waals surface area (Å²) in [6.45, 7) is 0.688. The normalized spacial score (nSPS) is 11.2. The minimum atomic E-state index is -4.83. The van der Waals surface area contributed by atoms with E-state index in [9.17, 15) is 35.9 Å². The van der Waals surface area contributed by atoms with Crippen molar-refractivity contribution in [3.63, 3.8) is 0 Å². The van der Waals surface area contributed by atoms with Gasteiger partial charge in [-0.15, -0.1) is 13.2 Å². The summed E-state index contributed by atoms with van der Waals surface area (Å²) in [6, 6.07) is 0. The number of carboxylic acids is 1. The monoisotopic (exact) mass is 256 g/mol. The standard InChI is InChI=1S/2C3H3F3O2/c1-2(7)8-3(4,5)6;4-3(5,6)1-2(7)8/h1H3;1H2,(H,7,8). The van der Waals surface area contributed by atoms with E-state index in [0.717, 1.165) is 0 Å². The molecule has 0 amide bonds. The van der Waals surface area contributed by atoms with E-state index in [1.165, 1.54) is 0 Å². The fourth-order valence-corrected chi connectivity index (χ4v) is 0.334. The quantitative estimate of drug-likeness (QED) is 0.576. The van der Waals surface area contributed by atoms with Crippen LogP contribution >= 0.6 is 0 Å². The highest BCUT2D eigenvalue weighted by Gasteiger charge is 2.32. The highest BCUT2D eigenvalue weighted by atomic mass is 19.4. The lowest BCUT2D eigenvalue weighted by Crippen LogP contribution is -2.16. The summed E-state index contributed by atoms with van der Waals surface area (Å²) in [6.07, 6.45) is -11.2. The summed E-state index contributed by atoms with van der Waals surface area (Å²) in [7, 11) is 0. The zero-order valence-electron chi connectivity index (χ0n) is 7.65. The van der Waals surface area contributed by atoms with Gasteiger partial charge in [0.05, 0.1) is 0 Å². The maximum atomic E-state index is 10.9. The van der Waals surface area contributed by atoms with E-state index in [2.05, 4.69) is 4.74 Å². The summed E-state index contributed by atoms with van der Waals surface area (Å²) >= 11 is 0. The SMILES string of the molecule is CC(=O)OC(F)(F)F.O=C(O)CC(F)(F)F. The summed E-state index contributed by atoms with van der Waals surface area (Å²) in [5, 5.41) is 7.53. The van der Waals surface area contributed by atoms with Gasteiger partial charge in [0.2, 0.25) is 0 Å². The first-order valence-electron chi connectivity index (χ1n) is 3.38. The van der Waals surface area contributed by atoms with Gasteiger partial charge < -0.3 is 9.84 Å². The van der Waals surface area contributed by atoms with Crippen LogP contribution in [0, 0.1) is 0 Å². The van der Waals surface area contributed by atoms with Gasteiger partial charge in [-0.25, -0.2) is 0 Å². The molecule has 0 rings (SSSR count). The molecule has 0 aromatic carbocycles. The van der Waals surface area contributed by atoms with Crippen molar-refractivity contribution in [2.24, 2.45) is 0 Å². The second kappa shape index (κ2) is 6.18. The highest BCUT2D eigenvalue weighted by Crippen LogP contribution is 2.18. The van der Waals surface area contributed by atoms with Crippen molar-refractivity contribution >= 4 is 11.9 Å². The van der Waals surface area contributed by atoms with E-state index in [1.54, 1.807) is 0 Å². The molecule has 0 aliphatic carbocycles. The molecule has 0 bridgehead atoms. The van der Waals surface area contributed by atoms with Crippen LogP contribution in [0.1, 0.15) is 13.3 Å². The van der Waals surface area contributed by atoms with Gasteiger partial charge >= 0.3 is 24.5 Å². The Morgan fingerprint density at radius 2 is 1.50 bits per heavy atom. The number of hydrogen-bond acceptors (Lipinski definition) is 3. The Morgan fingerprint density at radius 1 is 1.12 bits per heavy atom. The molecule has 0 aliphatic rings. The second-order valence-corrected chi connectivity index (χ2v) is 2.23. The minimum Gasteiger partial charge on any atom is -0.481 e. The molecule has 1 N–H and O–H groups in total. The molecule has 0 heterocycles. The van der Waals surface area contributed by atoms with Crippen LogP contribution in [-0.2, 0) is 14.3 Å². The number of aliphatic carboxylic acids is 1. The predicted molar refractivity (Wildman–Crippen MR) is 36.1 cm³/mol. The molecule has 10 heteroatoms. The Labute approximate surface area is 84.8 Å². The summed E-state index contributed by atoms with van der Waals surface area (Å²) in [5.41, 5.74) is 0. The van der Waals surface area contributed by atoms with E-state index >= 15 is 0 Å². The molecule has 96 valence electrons. The van der Waals surface area contributed by atoms with Gasteiger partial charge in [-0.05, 0) is 0 Å². The van der Waals surface area contributed by atoms with Crippen molar-refractivity contribution in [2.45, 2.75) is 25.9 Å². The van der Waals surface area contributed by atoms with Crippen molar-refractivity contribution < 1.29 is 45.8 Å². The van der Waals surface area contributed by atoms with Crippen molar-refractivity contribution in [3.8, 4) is 0 Å².